The van der Waals surface area contributed by atoms with Crippen molar-refractivity contribution in [3.05, 3.63) is 16.3 Å². The van der Waals surface area contributed by atoms with Crippen LogP contribution in [0.2, 0.25) is 0 Å². The monoisotopic (exact) mass is 468 g/mol. The normalized spacial score (nSPS) is 22.7. The Bertz CT molecular complexity index is 988. The molecule has 0 spiro atoms. The van der Waals surface area contributed by atoms with Crippen molar-refractivity contribution in [3.8, 4) is 0 Å². The number of aryl methyl sites for hydroxylation is 1. The van der Waals surface area contributed by atoms with Gasteiger partial charge in [0.15, 0.2) is 0 Å². The van der Waals surface area contributed by atoms with Gasteiger partial charge in [0.25, 0.3) is 0 Å². The van der Waals surface area contributed by atoms with E-state index in [1.54, 1.807) is 0 Å². The van der Waals surface area contributed by atoms with E-state index in [2.05, 4.69) is 30.6 Å². The predicted molar refractivity (Wildman–Crippen MR) is 137 cm³/mol. The van der Waals surface area contributed by atoms with Gasteiger partial charge in [-0.3, -0.25) is 4.79 Å². The molecule has 2 aromatic rings. The van der Waals surface area contributed by atoms with Crippen molar-refractivity contribution in [1.82, 2.24) is 14.9 Å². The molecular weight excluding hydrogens is 428 g/mol. The zero-order valence-corrected chi connectivity index (χ0v) is 21.6. The highest BCUT2D eigenvalue weighted by molar-refractivity contribution is 7.19. The van der Waals surface area contributed by atoms with Crippen molar-refractivity contribution in [2.45, 2.75) is 90.9 Å². The lowest BCUT2D eigenvalue weighted by molar-refractivity contribution is -0.131. The molecule has 0 N–H and O–H groups in total. The minimum absolute atomic E-state index is 0.358. The third-order valence-electron chi connectivity index (χ3n) is 8.38. The van der Waals surface area contributed by atoms with Gasteiger partial charge in [-0.05, 0) is 49.5 Å². The van der Waals surface area contributed by atoms with Gasteiger partial charge in [0.1, 0.15) is 16.5 Å². The molecule has 180 valence electrons. The molecule has 2 fully saturated rings. The van der Waals surface area contributed by atoms with E-state index < -0.39 is 0 Å². The highest BCUT2D eigenvalue weighted by Gasteiger charge is 2.29. The van der Waals surface area contributed by atoms with Crippen LogP contribution in [0, 0.1) is 11.8 Å². The molecule has 0 aromatic carbocycles. The van der Waals surface area contributed by atoms with E-state index >= 15 is 0 Å². The average molecular weight is 469 g/mol. The number of carbonyl (C=O) groups excluding carboxylic acids is 1. The zero-order valence-electron chi connectivity index (χ0n) is 20.7. The number of amides is 1. The second-order valence-corrected chi connectivity index (χ2v) is 11.9. The molecule has 2 aromatic heterocycles. The summed E-state index contributed by atoms with van der Waals surface area (Å²) < 4.78 is 0. The summed E-state index contributed by atoms with van der Waals surface area (Å²) in [5.74, 6) is 4.40. The van der Waals surface area contributed by atoms with E-state index in [0.29, 0.717) is 11.8 Å². The second-order valence-electron chi connectivity index (χ2n) is 10.8. The number of piperazine rings is 1. The quantitative estimate of drug-likeness (QED) is 0.526. The van der Waals surface area contributed by atoms with Gasteiger partial charge in [-0.25, -0.2) is 9.97 Å². The molecule has 1 aliphatic heterocycles. The SMILES string of the molecule is CC[C@H](C)c1nc(N2CCN(C(=O)CCC3CCCC3)CC2)c2c3c(sc2n1)C[C@H](C)CC3. The van der Waals surface area contributed by atoms with Crippen molar-refractivity contribution >= 4 is 33.3 Å². The molecule has 5 nitrogen and oxygen atoms in total. The van der Waals surface area contributed by atoms with Crippen LogP contribution in [0.4, 0.5) is 5.82 Å². The van der Waals surface area contributed by atoms with Crippen molar-refractivity contribution < 1.29 is 4.79 Å². The molecule has 5 rings (SSSR count). The molecule has 3 heterocycles. The third-order valence-corrected chi connectivity index (χ3v) is 9.53. The van der Waals surface area contributed by atoms with Gasteiger partial charge < -0.3 is 9.80 Å². The molecule has 33 heavy (non-hydrogen) atoms. The molecule has 1 saturated carbocycles. The summed E-state index contributed by atoms with van der Waals surface area (Å²) in [6.45, 7) is 10.2. The number of thiophene rings is 1. The fraction of sp³-hybridized carbons (Fsp3) is 0.741. The molecular formula is C27H40N4OS. The van der Waals surface area contributed by atoms with Gasteiger partial charge >= 0.3 is 0 Å². The standard InChI is InChI=1S/C27H40N4OS/c1-4-19(3)25-28-26(24-21-11-9-18(2)17-22(21)33-27(24)29-25)31-15-13-30(14-16-31)23(32)12-10-20-7-5-6-8-20/h18-20H,4-17H2,1-3H3/t18-,19+/m1/s1. The first-order chi connectivity index (χ1) is 16.0. The largest absolute Gasteiger partial charge is 0.352 e. The van der Waals surface area contributed by atoms with Crippen molar-refractivity contribution in [3.63, 3.8) is 0 Å². The average Bonchev–Trinajstić information content (AvgIpc) is 3.48. The Balaban J connectivity index is 1.35. The van der Waals surface area contributed by atoms with E-state index in [9.17, 15) is 4.79 Å². The van der Waals surface area contributed by atoms with Crippen molar-refractivity contribution in [2.75, 3.05) is 31.1 Å². The van der Waals surface area contributed by atoms with Crippen LogP contribution in [0.1, 0.15) is 94.3 Å². The molecule has 0 bridgehead atoms. The topological polar surface area (TPSA) is 49.3 Å². The number of rotatable bonds is 6. The maximum absolute atomic E-state index is 12.9. The fourth-order valence-electron chi connectivity index (χ4n) is 5.92. The highest BCUT2D eigenvalue weighted by atomic mass is 32.1. The van der Waals surface area contributed by atoms with Crippen molar-refractivity contribution in [1.29, 1.82) is 0 Å². The smallest absolute Gasteiger partial charge is 0.222 e. The van der Waals surface area contributed by atoms with Gasteiger partial charge in [0.2, 0.25) is 5.91 Å². The molecule has 3 aliphatic rings. The van der Waals surface area contributed by atoms with Gasteiger partial charge in [-0.15, -0.1) is 11.3 Å². The fourth-order valence-corrected chi connectivity index (χ4v) is 7.31. The van der Waals surface area contributed by atoms with E-state index in [1.807, 2.05) is 11.3 Å². The number of fused-ring (bicyclic) bond motifs is 3. The van der Waals surface area contributed by atoms with Crippen molar-refractivity contribution in [2.24, 2.45) is 11.8 Å². The highest BCUT2D eigenvalue weighted by Crippen LogP contribution is 2.42. The number of anilines is 1. The number of nitrogens with zero attached hydrogens (tertiary/aromatic N) is 4. The summed E-state index contributed by atoms with van der Waals surface area (Å²) in [5.41, 5.74) is 1.51. The number of carbonyl (C=O) groups is 1. The second kappa shape index (κ2) is 9.89. The lowest BCUT2D eigenvalue weighted by atomic mass is 9.89. The maximum Gasteiger partial charge on any atom is 0.222 e. The van der Waals surface area contributed by atoms with Gasteiger partial charge in [-0.1, -0.05) is 46.5 Å². The van der Waals surface area contributed by atoms with Crippen LogP contribution < -0.4 is 4.90 Å². The summed E-state index contributed by atoms with van der Waals surface area (Å²) in [6, 6.07) is 0. The summed E-state index contributed by atoms with van der Waals surface area (Å²) in [7, 11) is 0. The molecule has 1 saturated heterocycles. The van der Waals surface area contributed by atoms with Gasteiger partial charge in [0, 0.05) is 43.4 Å². The molecule has 0 unspecified atom stereocenters. The van der Waals surface area contributed by atoms with Crippen LogP contribution in [-0.4, -0.2) is 47.0 Å². The molecule has 2 atom stereocenters. The lowest BCUT2D eigenvalue weighted by Crippen LogP contribution is -2.49. The molecule has 6 heteroatoms. The summed E-state index contributed by atoms with van der Waals surface area (Å²) in [6.07, 6.45) is 11.8. The summed E-state index contributed by atoms with van der Waals surface area (Å²) in [4.78, 5) is 30.3. The Morgan fingerprint density at radius 2 is 1.88 bits per heavy atom. The Morgan fingerprint density at radius 3 is 2.61 bits per heavy atom. The zero-order chi connectivity index (χ0) is 22.9. The minimum atomic E-state index is 0.358. The van der Waals surface area contributed by atoms with Crippen LogP contribution >= 0.6 is 11.3 Å². The first-order valence-electron chi connectivity index (χ1n) is 13.4. The first-order valence-corrected chi connectivity index (χ1v) is 14.2. The van der Waals surface area contributed by atoms with Gasteiger partial charge in [0.05, 0.1) is 5.39 Å². The van der Waals surface area contributed by atoms with Crippen LogP contribution in [0.5, 0.6) is 0 Å². The Hall–Kier alpha value is -1.69. The van der Waals surface area contributed by atoms with E-state index in [4.69, 9.17) is 9.97 Å². The Morgan fingerprint density at radius 1 is 1.12 bits per heavy atom. The van der Waals surface area contributed by atoms with E-state index in [-0.39, 0.29) is 0 Å². The minimum Gasteiger partial charge on any atom is -0.352 e. The Labute approximate surface area is 203 Å². The number of aromatic nitrogens is 2. The van der Waals surface area contributed by atoms with Crippen LogP contribution in [0.15, 0.2) is 0 Å². The number of hydrogen-bond donors (Lipinski definition) is 0. The molecule has 0 radical (unpaired) electrons. The third kappa shape index (κ3) is 4.78. The first kappa shape index (κ1) is 23.1. The molecule has 2 aliphatic carbocycles. The summed E-state index contributed by atoms with van der Waals surface area (Å²) >= 11 is 1.91. The predicted octanol–water partition coefficient (Wildman–Crippen LogP) is 5.95. The van der Waals surface area contributed by atoms with Crippen LogP contribution in [0.3, 0.4) is 0 Å². The Kier molecular flexibility index (Phi) is 6.91. The van der Waals surface area contributed by atoms with Crippen LogP contribution in [0.25, 0.3) is 10.2 Å². The van der Waals surface area contributed by atoms with E-state index in [0.717, 1.165) is 75.3 Å². The lowest BCUT2D eigenvalue weighted by Gasteiger charge is -2.36. The van der Waals surface area contributed by atoms with E-state index in [1.165, 1.54) is 59.2 Å². The van der Waals surface area contributed by atoms with Crippen LogP contribution in [-0.2, 0) is 17.6 Å². The summed E-state index contributed by atoms with van der Waals surface area (Å²) in [5, 5.41) is 1.31. The number of hydrogen-bond acceptors (Lipinski definition) is 5. The molecule has 1 amide bonds. The maximum atomic E-state index is 12.9. The van der Waals surface area contributed by atoms with Gasteiger partial charge in [-0.2, -0.15) is 0 Å².